The summed E-state index contributed by atoms with van der Waals surface area (Å²) in [6, 6.07) is 4.72. The quantitative estimate of drug-likeness (QED) is 0.838. The molecular formula is C17H24BrN3. The van der Waals surface area contributed by atoms with E-state index in [-0.39, 0.29) is 6.04 Å². The molecule has 1 N–H and O–H groups in total. The van der Waals surface area contributed by atoms with Gasteiger partial charge in [-0.25, -0.2) is 0 Å². The lowest BCUT2D eigenvalue weighted by atomic mass is 9.97. The van der Waals surface area contributed by atoms with Gasteiger partial charge in [-0.05, 0) is 50.4 Å². The van der Waals surface area contributed by atoms with Gasteiger partial charge in [-0.1, -0.05) is 35.0 Å². The van der Waals surface area contributed by atoms with Gasteiger partial charge in [-0.3, -0.25) is 4.68 Å². The second-order valence-corrected chi connectivity index (χ2v) is 6.28. The van der Waals surface area contributed by atoms with Gasteiger partial charge in [0, 0.05) is 22.8 Å². The van der Waals surface area contributed by atoms with Crippen LogP contribution in [0.4, 0.5) is 0 Å². The molecule has 0 amide bonds. The third kappa shape index (κ3) is 3.74. The van der Waals surface area contributed by atoms with Gasteiger partial charge in [-0.15, -0.1) is 0 Å². The van der Waals surface area contributed by atoms with Crippen LogP contribution in [0.25, 0.3) is 0 Å². The molecule has 0 radical (unpaired) electrons. The lowest BCUT2D eigenvalue weighted by molar-refractivity contribution is 0.595. The van der Waals surface area contributed by atoms with E-state index in [2.05, 4.69) is 72.4 Å². The Balaban J connectivity index is 2.39. The summed E-state index contributed by atoms with van der Waals surface area (Å²) in [5, 5.41) is 8.06. The molecule has 1 aromatic heterocycles. The number of benzene rings is 1. The van der Waals surface area contributed by atoms with Crippen molar-refractivity contribution in [2.24, 2.45) is 0 Å². The van der Waals surface area contributed by atoms with Crippen molar-refractivity contribution in [1.29, 1.82) is 0 Å². The molecule has 1 heterocycles. The largest absolute Gasteiger partial charge is 0.306 e. The van der Waals surface area contributed by atoms with Crippen molar-refractivity contribution < 1.29 is 0 Å². The number of nitrogens with zero attached hydrogens (tertiary/aromatic N) is 2. The van der Waals surface area contributed by atoms with E-state index in [0.717, 1.165) is 19.5 Å². The summed E-state index contributed by atoms with van der Waals surface area (Å²) >= 11 is 3.65. The van der Waals surface area contributed by atoms with Crippen molar-refractivity contribution >= 4 is 15.9 Å². The van der Waals surface area contributed by atoms with Crippen LogP contribution in [0.3, 0.4) is 0 Å². The topological polar surface area (TPSA) is 29.9 Å². The molecule has 3 nitrogen and oxygen atoms in total. The first kappa shape index (κ1) is 16.2. The second-order valence-electron chi connectivity index (χ2n) is 5.49. The van der Waals surface area contributed by atoms with Crippen LogP contribution >= 0.6 is 15.9 Å². The Morgan fingerprint density at radius 1 is 1.19 bits per heavy atom. The van der Waals surface area contributed by atoms with E-state index in [9.17, 15) is 0 Å². The number of nitrogens with one attached hydrogen (secondary N) is 1. The van der Waals surface area contributed by atoms with E-state index >= 15 is 0 Å². The van der Waals surface area contributed by atoms with Crippen LogP contribution in [0.1, 0.15) is 48.6 Å². The van der Waals surface area contributed by atoms with Crippen LogP contribution in [0.5, 0.6) is 0 Å². The smallest absolute Gasteiger partial charge is 0.0608 e. The van der Waals surface area contributed by atoms with Crippen molar-refractivity contribution in [3.8, 4) is 0 Å². The van der Waals surface area contributed by atoms with Crippen LogP contribution in [-0.2, 0) is 6.54 Å². The number of hydrogen-bond donors (Lipinski definition) is 1. The van der Waals surface area contributed by atoms with Gasteiger partial charge in [0.1, 0.15) is 0 Å². The normalized spacial score (nSPS) is 12.6. The van der Waals surface area contributed by atoms with Crippen LogP contribution in [0.2, 0.25) is 0 Å². The maximum Gasteiger partial charge on any atom is 0.0608 e. The van der Waals surface area contributed by atoms with Crippen LogP contribution < -0.4 is 5.32 Å². The SMILES string of the molecule is CCCNC(c1cc(C)c(Br)c(C)c1)c1cnn(CC)c1. The summed E-state index contributed by atoms with van der Waals surface area (Å²) in [6.45, 7) is 10.5. The molecule has 0 aliphatic carbocycles. The maximum atomic E-state index is 4.42. The summed E-state index contributed by atoms with van der Waals surface area (Å²) in [7, 11) is 0. The number of halogens is 1. The van der Waals surface area contributed by atoms with Crippen molar-refractivity contribution in [2.45, 2.75) is 46.7 Å². The number of aryl methyl sites for hydroxylation is 3. The van der Waals surface area contributed by atoms with Gasteiger partial charge in [0.15, 0.2) is 0 Å². The zero-order valence-corrected chi connectivity index (χ0v) is 14.9. The van der Waals surface area contributed by atoms with Gasteiger partial charge in [-0.2, -0.15) is 5.10 Å². The second kappa shape index (κ2) is 7.23. The molecule has 21 heavy (non-hydrogen) atoms. The Labute approximate surface area is 135 Å². The van der Waals surface area contributed by atoms with Gasteiger partial charge in [0.05, 0.1) is 12.2 Å². The molecule has 2 rings (SSSR count). The standard InChI is InChI=1S/C17H24BrN3/c1-5-7-19-17(15-10-20-21(6-2)11-15)14-8-12(3)16(18)13(4)9-14/h8-11,17,19H,5-7H2,1-4H3. The molecule has 0 aliphatic rings. The molecule has 1 unspecified atom stereocenters. The van der Waals surface area contributed by atoms with Crippen LogP contribution in [0.15, 0.2) is 29.0 Å². The zero-order chi connectivity index (χ0) is 15.4. The van der Waals surface area contributed by atoms with Crippen LogP contribution in [-0.4, -0.2) is 16.3 Å². The van der Waals surface area contributed by atoms with Crippen molar-refractivity contribution in [2.75, 3.05) is 6.54 Å². The molecule has 0 bridgehead atoms. The average Bonchev–Trinajstić information content (AvgIpc) is 2.94. The Morgan fingerprint density at radius 3 is 2.38 bits per heavy atom. The predicted octanol–water partition coefficient (Wildman–Crippen LogP) is 4.37. The van der Waals surface area contributed by atoms with E-state index in [4.69, 9.17) is 0 Å². The van der Waals surface area contributed by atoms with E-state index in [1.54, 1.807) is 0 Å². The fourth-order valence-electron chi connectivity index (χ4n) is 2.56. The summed E-state index contributed by atoms with van der Waals surface area (Å²) in [5.74, 6) is 0. The van der Waals surface area contributed by atoms with Crippen molar-refractivity contribution in [3.05, 3.63) is 51.3 Å². The summed E-state index contributed by atoms with van der Waals surface area (Å²) in [4.78, 5) is 0. The Bertz CT molecular complexity index is 581. The highest BCUT2D eigenvalue weighted by molar-refractivity contribution is 9.10. The lowest BCUT2D eigenvalue weighted by Gasteiger charge is -2.19. The Kier molecular flexibility index (Phi) is 5.59. The molecular weight excluding hydrogens is 326 g/mol. The highest BCUT2D eigenvalue weighted by Crippen LogP contribution is 2.28. The molecule has 4 heteroatoms. The molecule has 1 atom stereocenters. The summed E-state index contributed by atoms with van der Waals surface area (Å²) < 4.78 is 3.18. The molecule has 0 aliphatic heterocycles. The lowest BCUT2D eigenvalue weighted by Crippen LogP contribution is -2.23. The molecule has 2 aromatic rings. The molecule has 114 valence electrons. The summed E-state index contributed by atoms with van der Waals surface area (Å²) in [6.07, 6.45) is 5.23. The third-order valence-electron chi connectivity index (χ3n) is 3.70. The van der Waals surface area contributed by atoms with E-state index in [1.807, 2.05) is 10.9 Å². The minimum absolute atomic E-state index is 0.204. The van der Waals surface area contributed by atoms with E-state index in [1.165, 1.54) is 26.7 Å². The van der Waals surface area contributed by atoms with E-state index < -0.39 is 0 Å². The highest BCUT2D eigenvalue weighted by Gasteiger charge is 2.17. The first-order valence-electron chi connectivity index (χ1n) is 7.59. The van der Waals surface area contributed by atoms with Gasteiger partial charge in [0.25, 0.3) is 0 Å². The van der Waals surface area contributed by atoms with Crippen molar-refractivity contribution in [3.63, 3.8) is 0 Å². The first-order chi connectivity index (χ1) is 10.1. The van der Waals surface area contributed by atoms with Crippen LogP contribution in [0, 0.1) is 13.8 Å². The molecule has 1 aromatic carbocycles. The average molecular weight is 350 g/mol. The Morgan fingerprint density at radius 2 is 1.86 bits per heavy atom. The molecule has 0 saturated carbocycles. The minimum atomic E-state index is 0.204. The fourth-order valence-corrected chi connectivity index (χ4v) is 2.79. The number of aromatic nitrogens is 2. The van der Waals surface area contributed by atoms with E-state index in [0.29, 0.717) is 0 Å². The minimum Gasteiger partial charge on any atom is -0.306 e. The predicted molar refractivity (Wildman–Crippen MR) is 91.7 cm³/mol. The first-order valence-corrected chi connectivity index (χ1v) is 8.38. The molecule has 0 fully saturated rings. The molecule has 0 saturated heterocycles. The van der Waals surface area contributed by atoms with Gasteiger partial charge >= 0.3 is 0 Å². The van der Waals surface area contributed by atoms with Gasteiger partial charge in [0.2, 0.25) is 0 Å². The third-order valence-corrected chi connectivity index (χ3v) is 4.95. The Hall–Kier alpha value is -1.13. The fraction of sp³-hybridized carbons (Fsp3) is 0.471. The van der Waals surface area contributed by atoms with Crippen molar-refractivity contribution in [1.82, 2.24) is 15.1 Å². The zero-order valence-electron chi connectivity index (χ0n) is 13.3. The maximum absolute atomic E-state index is 4.42. The van der Waals surface area contributed by atoms with Gasteiger partial charge < -0.3 is 5.32 Å². The molecule has 0 spiro atoms. The monoisotopic (exact) mass is 349 g/mol. The highest BCUT2D eigenvalue weighted by atomic mass is 79.9. The summed E-state index contributed by atoms with van der Waals surface area (Å²) in [5.41, 5.74) is 5.08. The number of hydrogen-bond acceptors (Lipinski definition) is 2. The number of rotatable bonds is 6.